The van der Waals surface area contributed by atoms with Crippen molar-refractivity contribution in [2.45, 2.75) is 88.9 Å². The zero-order valence-electron chi connectivity index (χ0n) is 37.5. The first-order valence-corrected chi connectivity index (χ1v) is 23.9. The topological polar surface area (TPSA) is 143 Å². The second-order valence-electron chi connectivity index (χ2n) is 19.2. The minimum atomic E-state index is -4.58. The maximum atomic E-state index is 13.8. The number of piperidine rings is 3. The number of aliphatic hydroxyl groups is 1. The van der Waals surface area contributed by atoms with Gasteiger partial charge in [0.15, 0.2) is 0 Å². The maximum absolute atomic E-state index is 13.8. The molecule has 1 aromatic heterocycles. The number of hydrogen-bond donors (Lipinski definition) is 3. The monoisotopic (exact) mass is 910 g/mol. The van der Waals surface area contributed by atoms with Gasteiger partial charge in [-0.1, -0.05) is 24.3 Å². The molecule has 9 rings (SSSR count). The Morgan fingerprint density at radius 2 is 1.52 bits per heavy atom. The molecule has 1 unspecified atom stereocenters. The van der Waals surface area contributed by atoms with Crippen molar-refractivity contribution in [2.75, 3.05) is 75.7 Å². The van der Waals surface area contributed by atoms with Crippen LogP contribution in [0.15, 0.2) is 66.7 Å². The summed E-state index contributed by atoms with van der Waals surface area (Å²) in [6, 6.07) is 18.7. The number of imide groups is 1. The van der Waals surface area contributed by atoms with E-state index in [1.165, 1.54) is 12.1 Å². The fraction of sp³-hybridized carbons (Fsp3) is 0.540. The van der Waals surface area contributed by atoms with Crippen molar-refractivity contribution in [1.82, 2.24) is 29.6 Å². The maximum Gasteiger partial charge on any atom is 0.416 e. The predicted octanol–water partition coefficient (Wildman–Crippen LogP) is 6.82. The molecule has 4 aromatic rings. The Labute approximate surface area is 383 Å². The Kier molecular flexibility index (Phi) is 13.8. The van der Waals surface area contributed by atoms with Crippen LogP contribution < -0.4 is 15.5 Å². The molecule has 13 nitrogen and oxygen atoms in total. The molecule has 0 radical (unpaired) electrons. The van der Waals surface area contributed by atoms with Crippen LogP contribution in [0.3, 0.4) is 0 Å². The van der Waals surface area contributed by atoms with Gasteiger partial charge in [0.05, 0.1) is 22.5 Å². The highest BCUT2D eigenvalue weighted by molar-refractivity contribution is 6.04. The minimum Gasteiger partial charge on any atom is -0.396 e. The standard InChI is InChI=1S/C50H61F3N8O5/c51-50(52,53)39-5-1-4-38(28-39)46(64)56-49-54-43-27-35(9-13-44(43)61(49)40-10-7-34(32-62)8-11-40)31-58-23-25-60(26-24-58)48(66)36-17-19-57(20-18-36)30-33-15-21-59(22-16-33)41-6-2-3-37(29-41)42-12-14-45(63)55-47(42)65/h1-6,9,13,27-29,33-34,36,40,42,62H,7-8,10-12,14-26,30-32H2,(H,54,56,64)(H,55,63,65)/t34-,40+,42?. The number of nitrogens with one attached hydrogen (secondary N) is 2. The average molecular weight is 911 g/mol. The van der Waals surface area contributed by atoms with Crippen molar-refractivity contribution in [3.63, 3.8) is 0 Å². The third-order valence-corrected chi connectivity index (χ3v) is 14.9. The van der Waals surface area contributed by atoms with E-state index in [0.717, 1.165) is 132 Å². The van der Waals surface area contributed by atoms with Crippen molar-refractivity contribution < 1.29 is 37.5 Å². The van der Waals surface area contributed by atoms with Crippen molar-refractivity contribution in [2.24, 2.45) is 17.8 Å². The molecule has 352 valence electrons. The van der Waals surface area contributed by atoms with Crippen LogP contribution in [-0.2, 0) is 27.1 Å². The summed E-state index contributed by atoms with van der Waals surface area (Å²) in [5.74, 6) is 0.0840. The van der Waals surface area contributed by atoms with Crippen LogP contribution in [0.1, 0.15) is 103 Å². The largest absolute Gasteiger partial charge is 0.416 e. The summed E-state index contributed by atoms with van der Waals surface area (Å²) >= 11 is 0. The lowest BCUT2D eigenvalue weighted by Crippen LogP contribution is -2.51. The molecular weight excluding hydrogens is 850 g/mol. The number of carbonyl (C=O) groups is 4. The summed E-state index contributed by atoms with van der Waals surface area (Å²) in [7, 11) is 0. The number of aromatic nitrogens is 2. The second kappa shape index (κ2) is 19.9. The number of imidazole rings is 1. The normalized spacial score (nSPS) is 23.3. The zero-order valence-corrected chi connectivity index (χ0v) is 37.5. The molecule has 4 aliphatic heterocycles. The molecule has 4 saturated heterocycles. The van der Waals surface area contributed by atoms with E-state index in [2.05, 4.69) is 43.5 Å². The van der Waals surface area contributed by atoms with Gasteiger partial charge >= 0.3 is 6.18 Å². The highest BCUT2D eigenvalue weighted by atomic mass is 19.4. The van der Waals surface area contributed by atoms with Crippen LogP contribution in [0, 0.1) is 17.8 Å². The van der Waals surface area contributed by atoms with Crippen molar-refractivity contribution in [3.8, 4) is 0 Å². The molecule has 4 amide bonds. The lowest BCUT2D eigenvalue weighted by atomic mass is 9.86. The summed E-state index contributed by atoms with van der Waals surface area (Å²) in [6.45, 7) is 8.50. The number of likely N-dealkylation sites (tertiary alicyclic amines) is 1. The van der Waals surface area contributed by atoms with Crippen LogP contribution in [0.4, 0.5) is 24.8 Å². The fourth-order valence-electron chi connectivity index (χ4n) is 11.0. The number of fused-ring (bicyclic) bond motifs is 1. The summed E-state index contributed by atoms with van der Waals surface area (Å²) in [6.07, 6.45) is 3.51. The van der Waals surface area contributed by atoms with Gasteiger partial charge in [-0.25, -0.2) is 4.98 Å². The van der Waals surface area contributed by atoms with Gasteiger partial charge in [-0.15, -0.1) is 0 Å². The van der Waals surface area contributed by atoms with Gasteiger partial charge in [-0.3, -0.25) is 34.7 Å². The quantitative estimate of drug-likeness (QED) is 0.138. The Bertz CT molecular complexity index is 2390. The van der Waals surface area contributed by atoms with E-state index in [1.807, 2.05) is 33.7 Å². The molecule has 16 heteroatoms. The van der Waals surface area contributed by atoms with Crippen molar-refractivity contribution in [3.05, 3.63) is 89.0 Å². The Morgan fingerprint density at radius 1 is 0.773 bits per heavy atom. The molecule has 3 N–H and O–H groups in total. The van der Waals surface area contributed by atoms with Gasteiger partial charge in [-0.2, -0.15) is 13.2 Å². The lowest BCUT2D eigenvalue weighted by molar-refractivity contribution is -0.139. The molecule has 5 aliphatic rings. The third-order valence-electron chi connectivity index (χ3n) is 14.9. The third kappa shape index (κ3) is 10.5. The summed E-state index contributed by atoms with van der Waals surface area (Å²) in [5, 5.41) is 15.1. The number of hydrogen-bond acceptors (Lipinski definition) is 9. The highest BCUT2D eigenvalue weighted by Crippen LogP contribution is 2.38. The highest BCUT2D eigenvalue weighted by Gasteiger charge is 2.34. The van der Waals surface area contributed by atoms with Crippen LogP contribution in [-0.4, -0.2) is 118 Å². The van der Waals surface area contributed by atoms with Crippen LogP contribution in [0.2, 0.25) is 0 Å². The first kappa shape index (κ1) is 45.8. The molecule has 5 fully saturated rings. The number of aliphatic hydroxyl groups excluding tert-OH is 1. The number of piperazine rings is 1. The summed E-state index contributed by atoms with van der Waals surface area (Å²) in [5.41, 5.74) is 3.68. The molecular formula is C50H61F3N8O5. The molecule has 1 saturated carbocycles. The smallest absolute Gasteiger partial charge is 0.396 e. The zero-order chi connectivity index (χ0) is 46.0. The summed E-state index contributed by atoms with van der Waals surface area (Å²) < 4.78 is 42.4. The van der Waals surface area contributed by atoms with E-state index in [0.29, 0.717) is 49.9 Å². The molecule has 5 heterocycles. The number of alkyl halides is 3. The molecule has 0 bridgehead atoms. The number of anilines is 2. The average Bonchev–Trinajstić information content (AvgIpc) is 3.68. The predicted molar refractivity (Wildman–Crippen MR) is 245 cm³/mol. The van der Waals surface area contributed by atoms with Gasteiger partial charge in [0, 0.05) is 88.6 Å². The Morgan fingerprint density at radius 3 is 2.23 bits per heavy atom. The molecule has 1 aliphatic carbocycles. The van der Waals surface area contributed by atoms with Gasteiger partial charge in [0.25, 0.3) is 5.91 Å². The van der Waals surface area contributed by atoms with Gasteiger partial charge in [0.2, 0.25) is 23.7 Å². The number of amides is 4. The fourth-order valence-corrected chi connectivity index (χ4v) is 11.0. The lowest BCUT2D eigenvalue weighted by Gasteiger charge is -2.40. The number of benzene rings is 3. The number of halogens is 3. The molecule has 66 heavy (non-hydrogen) atoms. The summed E-state index contributed by atoms with van der Waals surface area (Å²) in [4.78, 5) is 65.4. The van der Waals surface area contributed by atoms with E-state index in [-0.39, 0.29) is 53.7 Å². The first-order chi connectivity index (χ1) is 31.9. The van der Waals surface area contributed by atoms with E-state index >= 15 is 0 Å². The van der Waals surface area contributed by atoms with E-state index < -0.39 is 17.6 Å². The van der Waals surface area contributed by atoms with E-state index in [9.17, 15) is 37.5 Å². The first-order valence-electron chi connectivity index (χ1n) is 23.9. The van der Waals surface area contributed by atoms with Gasteiger partial charge in [0.1, 0.15) is 0 Å². The number of rotatable bonds is 11. The van der Waals surface area contributed by atoms with Crippen LogP contribution >= 0.6 is 0 Å². The van der Waals surface area contributed by atoms with Gasteiger partial charge in [-0.05, 0) is 136 Å². The Hall–Kier alpha value is -5.32. The van der Waals surface area contributed by atoms with Crippen molar-refractivity contribution >= 4 is 46.3 Å². The SMILES string of the molecule is O=C1CCC(c2cccc(N3CCC(CN4CCC(C(=O)N5CCN(Cc6ccc7c(c6)nc(NC(=O)c6cccc(C(F)(F)F)c6)n7[C@H]6CC[C@@H](CO)CC6)CC5)CC4)CC3)c2)C(=O)N1. The van der Waals surface area contributed by atoms with Gasteiger partial charge < -0.3 is 24.4 Å². The van der Waals surface area contributed by atoms with Crippen LogP contribution in [0.5, 0.6) is 0 Å². The van der Waals surface area contributed by atoms with Crippen molar-refractivity contribution in [1.29, 1.82) is 0 Å². The molecule has 0 spiro atoms. The molecule has 3 aromatic carbocycles. The minimum absolute atomic E-state index is 0.00794. The molecule has 1 atom stereocenters. The van der Waals surface area contributed by atoms with E-state index in [4.69, 9.17) is 4.98 Å². The van der Waals surface area contributed by atoms with E-state index in [1.54, 1.807) is 0 Å². The number of carbonyl (C=O) groups excluding carboxylic acids is 4. The van der Waals surface area contributed by atoms with Crippen LogP contribution in [0.25, 0.3) is 11.0 Å². The second-order valence-corrected chi connectivity index (χ2v) is 19.2. The Balaban J connectivity index is 0.747. The number of nitrogens with zero attached hydrogens (tertiary/aromatic N) is 6.